The SMILES string of the molecule is CO[C@@H]1O[C@@H](C)[C@H](O)[C@@H](OC)[C@H]1O. The molecule has 13 heavy (non-hydrogen) atoms. The number of hydrogen-bond acceptors (Lipinski definition) is 5. The Morgan fingerprint density at radius 3 is 2.15 bits per heavy atom. The van der Waals surface area contributed by atoms with E-state index in [9.17, 15) is 10.2 Å². The average Bonchev–Trinajstić information content (AvgIpc) is 2.12. The molecule has 0 spiro atoms. The molecule has 5 atom stereocenters. The maximum atomic E-state index is 9.58. The Balaban J connectivity index is 2.69. The molecule has 0 saturated carbocycles. The van der Waals surface area contributed by atoms with Gasteiger partial charge in [-0.15, -0.1) is 0 Å². The van der Waals surface area contributed by atoms with Crippen LogP contribution < -0.4 is 0 Å². The summed E-state index contributed by atoms with van der Waals surface area (Å²) in [5.41, 5.74) is 0. The molecule has 0 aromatic carbocycles. The van der Waals surface area contributed by atoms with Crippen LogP contribution in [0.4, 0.5) is 0 Å². The Kier molecular flexibility index (Phi) is 3.63. The van der Waals surface area contributed by atoms with Crippen molar-refractivity contribution >= 4 is 0 Å². The second-order valence-electron chi connectivity index (χ2n) is 3.13. The van der Waals surface area contributed by atoms with E-state index in [2.05, 4.69) is 0 Å². The molecule has 0 amide bonds. The molecular formula is C8H16O5. The van der Waals surface area contributed by atoms with E-state index in [1.807, 2.05) is 0 Å². The number of ether oxygens (including phenoxy) is 3. The minimum absolute atomic E-state index is 0.404. The smallest absolute Gasteiger partial charge is 0.186 e. The van der Waals surface area contributed by atoms with Crippen LogP contribution in [0.15, 0.2) is 0 Å². The Morgan fingerprint density at radius 2 is 1.69 bits per heavy atom. The molecule has 0 aromatic rings. The third kappa shape index (κ3) is 2.00. The lowest BCUT2D eigenvalue weighted by molar-refractivity contribution is -0.290. The first-order chi connectivity index (χ1) is 6.11. The van der Waals surface area contributed by atoms with Crippen molar-refractivity contribution in [2.24, 2.45) is 0 Å². The van der Waals surface area contributed by atoms with Crippen LogP contribution in [0.1, 0.15) is 6.92 Å². The number of hydrogen-bond donors (Lipinski definition) is 2. The summed E-state index contributed by atoms with van der Waals surface area (Å²) in [5.74, 6) is 0. The van der Waals surface area contributed by atoms with E-state index in [-0.39, 0.29) is 0 Å². The summed E-state index contributed by atoms with van der Waals surface area (Å²) >= 11 is 0. The molecule has 5 heteroatoms. The molecule has 0 bridgehead atoms. The standard InChI is InChI=1S/C8H16O5/c1-4-5(9)7(11-2)6(10)8(12-3)13-4/h4-10H,1-3H3/t4-,5-,6+,7+,8+/m0/s1. The van der Waals surface area contributed by atoms with Crippen molar-refractivity contribution in [3.05, 3.63) is 0 Å². The minimum atomic E-state index is -0.957. The number of aliphatic hydroxyl groups is 2. The van der Waals surface area contributed by atoms with Gasteiger partial charge in [0.25, 0.3) is 0 Å². The van der Waals surface area contributed by atoms with E-state index in [0.29, 0.717) is 0 Å². The van der Waals surface area contributed by atoms with Gasteiger partial charge in [0.2, 0.25) is 0 Å². The van der Waals surface area contributed by atoms with Gasteiger partial charge in [-0.05, 0) is 6.92 Å². The minimum Gasteiger partial charge on any atom is -0.388 e. The zero-order valence-electron chi connectivity index (χ0n) is 8.01. The van der Waals surface area contributed by atoms with Crippen LogP contribution in [0.2, 0.25) is 0 Å². The second kappa shape index (κ2) is 4.34. The largest absolute Gasteiger partial charge is 0.388 e. The number of rotatable bonds is 2. The third-order valence-electron chi connectivity index (χ3n) is 2.29. The maximum absolute atomic E-state index is 9.58. The van der Waals surface area contributed by atoms with Crippen molar-refractivity contribution in [2.45, 2.75) is 37.6 Å². The van der Waals surface area contributed by atoms with Gasteiger partial charge in [0.15, 0.2) is 6.29 Å². The molecule has 1 rings (SSSR count). The molecule has 0 unspecified atom stereocenters. The van der Waals surface area contributed by atoms with Crippen LogP contribution in [0, 0.1) is 0 Å². The van der Waals surface area contributed by atoms with Gasteiger partial charge < -0.3 is 24.4 Å². The quantitative estimate of drug-likeness (QED) is 0.594. The highest BCUT2D eigenvalue weighted by molar-refractivity contribution is 4.88. The summed E-state index contributed by atoms with van der Waals surface area (Å²) in [6, 6.07) is 0. The Labute approximate surface area is 77.2 Å². The molecule has 1 aliphatic heterocycles. The fourth-order valence-electron chi connectivity index (χ4n) is 1.47. The van der Waals surface area contributed by atoms with E-state index in [1.54, 1.807) is 6.92 Å². The van der Waals surface area contributed by atoms with Crippen molar-refractivity contribution in [2.75, 3.05) is 14.2 Å². The van der Waals surface area contributed by atoms with Crippen LogP contribution in [0.25, 0.3) is 0 Å². The zero-order chi connectivity index (χ0) is 10.0. The van der Waals surface area contributed by atoms with E-state index < -0.39 is 30.7 Å². The molecule has 1 fully saturated rings. The van der Waals surface area contributed by atoms with Crippen molar-refractivity contribution in [3.8, 4) is 0 Å². The predicted molar refractivity (Wildman–Crippen MR) is 44.2 cm³/mol. The number of aliphatic hydroxyl groups excluding tert-OH is 2. The third-order valence-corrected chi connectivity index (χ3v) is 2.29. The summed E-state index contributed by atoms with van der Waals surface area (Å²) in [4.78, 5) is 0. The van der Waals surface area contributed by atoms with E-state index in [1.165, 1.54) is 14.2 Å². The van der Waals surface area contributed by atoms with Gasteiger partial charge in [-0.25, -0.2) is 0 Å². The lowest BCUT2D eigenvalue weighted by Crippen LogP contribution is -2.57. The monoisotopic (exact) mass is 192 g/mol. The Bertz CT molecular complexity index is 163. The summed E-state index contributed by atoms with van der Waals surface area (Å²) in [5, 5.41) is 19.1. The molecule has 78 valence electrons. The normalized spacial score (nSPS) is 46.4. The first kappa shape index (κ1) is 10.9. The summed E-state index contributed by atoms with van der Waals surface area (Å²) in [6.45, 7) is 1.70. The van der Waals surface area contributed by atoms with Crippen LogP contribution in [-0.2, 0) is 14.2 Å². The zero-order valence-corrected chi connectivity index (χ0v) is 8.01. The molecular weight excluding hydrogens is 176 g/mol. The Morgan fingerprint density at radius 1 is 1.08 bits per heavy atom. The van der Waals surface area contributed by atoms with E-state index >= 15 is 0 Å². The lowest BCUT2D eigenvalue weighted by Gasteiger charge is -2.40. The maximum Gasteiger partial charge on any atom is 0.186 e. The van der Waals surface area contributed by atoms with Crippen LogP contribution in [0.5, 0.6) is 0 Å². The molecule has 1 heterocycles. The van der Waals surface area contributed by atoms with Crippen LogP contribution >= 0.6 is 0 Å². The molecule has 0 radical (unpaired) electrons. The van der Waals surface area contributed by atoms with E-state index in [4.69, 9.17) is 14.2 Å². The molecule has 5 nitrogen and oxygen atoms in total. The van der Waals surface area contributed by atoms with Crippen molar-refractivity contribution < 1.29 is 24.4 Å². The lowest BCUT2D eigenvalue weighted by atomic mass is 10.00. The highest BCUT2D eigenvalue weighted by Gasteiger charge is 2.43. The summed E-state index contributed by atoms with van der Waals surface area (Å²) in [6.07, 6.45) is -3.58. The van der Waals surface area contributed by atoms with Crippen molar-refractivity contribution in [1.29, 1.82) is 0 Å². The van der Waals surface area contributed by atoms with Gasteiger partial charge in [0.05, 0.1) is 6.10 Å². The van der Waals surface area contributed by atoms with Crippen LogP contribution in [0.3, 0.4) is 0 Å². The van der Waals surface area contributed by atoms with Gasteiger partial charge in [-0.1, -0.05) is 0 Å². The molecule has 1 aliphatic rings. The van der Waals surface area contributed by atoms with Gasteiger partial charge in [0.1, 0.15) is 18.3 Å². The predicted octanol–water partition coefficient (Wildman–Crippen LogP) is -0.886. The van der Waals surface area contributed by atoms with Crippen molar-refractivity contribution in [1.82, 2.24) is 0 Å². The highest BCUT2D eigenvalue weighted by Crippen LogP contribution is 2.22. The molecule has 2 N–H and O–H groups in total. The van der Waals surface area contributed by atoms with E-state index in [0.717, 1.165) is 0 Å². The molecule has 0 aliphatic carbocycles. The second-order valence-corrected chi connectivity index (χ2v) is 3.13. The number of methoxy groups -OCH3 is 2. The van der Waals surface area contributed by atoms with Gasteiger partial charge in [0, 0.05) is 14.2 Å². The van der Waals surface area contributed by atoms with Gasteiger partial charge in [-0.2, -0.15) is 0 Å². The van der Waals surface area contributed by atoms with Crippen LogP contribution in [-0.4, -0.2) is 55.1 Å². The topological polar surface area (TPSA) is 68.2 Å². The Hall–Kier alpha value is -0.200. The molecule has 1 saturated heterocycles. The van der Waals surface area contributed by atoms with Gasteiger partial charge in [-0.3, -0.25) is 0 Å². The highest BCUT2D eigenvalue weighted by atomic mass is 16.7. The fraction of sp³-hybridized carbons (Fsp3) is 1.00. The summed E-state index contributed by atoms with van der Waals surface area (Å²) < 4.78 is 15.0. The fourth-order valence-corrected chi connectivity index (χ4v) is 1.47. The van der Waals surface area contributed by atoms with Crippen molar-refractivity contribution in [3.63, 3.8) is 0 Å². The summed E-state index contributed by atoms with van der Waals surface area (Å²) in [7, 11) is 2.87. The first-order valence-electron chi connectivity index (χ1n) is 4.19. The average molecular weight is 192 g/mol. The van der Waals surface area contributed by atoms with Gasteiger partial charge >= 0.3 is 0 Å². The first-order valence-corrected chi connectivity index (χ1v) is 4.19. The molecule has 0 aromatic heterocycles.